The zero-order chi connectivity index (χ0) is 23.3. The van der Waals surface area contributed by atoms with E-state index in [0.29, 0.717) is 37.4 Å². The molecule has 0 aromatic heterocycles. The third kappa shape index (κ3) is 5.46. The Kier molecular flexibility index (Phi) is 7.52. The van der Waals surface area contributed by atoms with E-state index >= 15 is 0 Å². The Hall–Kier alpha value is -2.91. The van der Waals surface area contributed by atoms with Gasteiger partial charge < -0.3 is 9.80 Å². The Morgan fingerprint density at radius 1 is 0.906 bits per heavy atom. The fourth-order valence-corrected chi connectivity index (χ4v) is 4.81. The molecular weight excluding hydrogens is 428 g/mol. The van der Waals surface area contributed by atoms with Crippen molar-refractivity contribution in [2.75, 3.05) is 58.2 Å². The molecule has 1 aliphatic rings. The largest absolute Gasteiger partial charge is 0.348 e. The number of likely N-dealkylation sites (N-methyl/N-ethyl adjacent to an activating group) is 1. The van der Waals surface area contributed by atoms with E-state index in [4.69, 9.17) is 0 Å². The summed E-state index contributed by atoms with van der Waals surface area (Å²) in [4.78, 5) is 30.5. The van der Waals surface area contributed by atoms with E-state index in [1.165, 1.54) is 23.5 Å². The van der Waals surface area contributed by atoms with Crippen molar-refractivity contribution >= 4 is 27.5 Å². The van der Waals surface area contributed by atoms with Crippen LogP contribution in [0.5, 0.6) is 0 Å². The van der Waals surface area contributed by atoms with Crippen LogP contribution in [0.1, 0.15) is 16.8 Å². The van der Waals surface area contributed by atoms with Crippen molar-refractivity contribution in [1.29, 1.82) is 0 Å². The zero-order valence-electron chi connectivity index (χ0n) is 18.8. The van der Waals surface area contributed by atoms with E-state index in [1.54, 1.807) is 60.3 Å². The average molecular weight is 459 g/mol. The Morgan fingerprint density at radius 3 is 2.31 bits per heavy atom. The summed E-state index contributed by atoms with van der Waals surface area (Å²) in [5, 5.41) is 0. The second-order valence-corrected chi connectivity index (χ2v) is 10.0. The predicted molar refractivity (Wildman–Crippen MR) is 124 cm³/mol. The molecule has 32 heavy (non-hydrogen) atoms. The van der Waals surface area contributed by atoms with Gasteiger partial charge in [0.2, 0.25) is 5.91 Å². The summed E-state index contributed by atoms with van der Waals surface area (Å²) >= 11 is 0. The van der Waals surface area contributed by atoms with Crippen LogP contribution >= 0.6 is 0 Å². The van der Waals surface area contributed by atoms with Gasteiger partial charge in [-0.3, -0.25) is 18.8 Å². The second kappa shape index (κ2) is 10.1. The maximum absolute atomic E-state index is 13.1. The summed E-state index contributed by atoms with van der Waals surface area (Å²) in [5.74, 6) is -0.171. The maximum Gasteiger partial charge on any atom is 0.264 e. The molecular formula is C23H30N4O4S. The molecule has 0 aliphatic carbocycles. The van der Waals surface area contributed by atoms with Crippen molar-refractivity contribution in [3.05, 3.63) is 60.2 Å². The Labute approximate surface area is 190 Å². The lowest BCUT2D eigenvalue weighted by Gasteiger charge is -2.23. The first-order valence-corrected chi connectivity index (χ1v) is 12.0. The molecule has 9 heteroatoms. The number of hydrogen-bond donors (Lipinski definition) is 0. The second-order valence-electron chi connectivity index (χ2n) is 8.05. The van der Waals surface area contributed by atoms with E-state index in [1.807, 2.05) is 11.0 Å². The number of nitrogens with zero attached hydrogens (tertiary/aromatic N) is 4. The van der Waals surface area contributed by atoms with E-state index in [0.717, 1.165) is 13.0 Å². The van der Waals surface area contributed by atoms with E-state index in [9.17, 15) is 18.0 Å². The lowest BCUT2D eigenvalue weighted by Crippen LogP contribution is -2.39. The standard InChI is InChI=1S/C23H30N4O4S/c1-24(2)22(28)18-26-13-8-14-27(16-15-26)23(29)19-9-7-12-21(17-19)32(30,31)25(3)20-10-5-4-6-11-20/h4-7,9-12,17H,8,13-16,18H2,1-3H3. The van der Waals surface area contributed by atoms with Gasteiger partial charge in [-0.15, -0.1) is 0 Å². The fourth-order valence-electron chi connectivity index (χ4n) is 3.57. The number of sulfonamides is 1. The van der Waals surface area contributed by atoms with Gasteiger partial charge in [0, 0.05) is 52.9 Å². The highest BCUT2D eigenvalue weighted by Gasteiger charge is 2.25. The third-order valence-electron chi connectivity index (χ3n) is 5.59. The molecule has 0 saturated carbocycles. The minimum absolute atomic E-state index is 0.0326. The van der Waals surface area contributed by atoms with Crippen LogP contribution in [0, 0.1) is 0 Å². The molecule has 0 bridgehead atoms. The van der Waals surface area contributed by atoms with Crippen LogP contribution in [0.4, 0.5) is 5.69 Å². The maximum atomic E-state index is 13.1. The van der Waals surface area contributed by atoms with Crippen molar-refractivity contribution in [3.63, 3.8) is 0 Å². The van der Waals surface area contributed by atoms with Crippen LogP contribution in [-0.4, -0.2) is 88.8 Å². The predicted octanol–water partition coefficient (Wildman–Crippen LogP) is 1.75. The minimum atomic E-state index is -3.80. The van der Waals surface area contributed by atoms with Crippen LogP contribution in [0.25, 0.3) is 0 Å². The summed E-state index contributed by atoms with van der Waals surface area (Å²) in [6.45, 7) is 2.71. The molecule has 2 aromatic rings. The highest BCUT2D eigenvalue weighted by molar-refractivity contribution is 7.92. The normalized spacial score (nSPS) is 15.2. The molecule has 2 aromatic carbocycles. The fraction of sp³-hybridized carbons (Fsp3) is 0.391. The smallest absolute Gasteiger partial charge is 0.264 e. The van der Waals surface area contributed by atoms with Gasteiger partial charge in [0.25, 0.3) is 15.9 Å². The van der Waals surface area contributed by atoms with Gasteiger partial charge in [-0.25, -0.2) is 8.42 Å². The number of carbonyl (C=O) groups excluding carboxylic acids is 2. The summed E-state index contributed by atoms with van der Waals surface area (Å²) in [6.07, 6.45) is 0.751. The van der Waals surface area contributed by atoms with Crippen LogP contribution in [0.15, 0.2) is 59.5 Å². The van der Waals surface area contributed by atoms with Crippen LogP contribution in [0.3, 0.4) is 0 Å². The van der Waals surface area contributed by atoms with Crippen molar-refractivity contribution in [2.45, 2.75) is 11.3 Å². The first-order chi connectivity index (χ1) is 15.2. The van der Waals surface area contributed by atoms with Crippen LogP contribution < -0.4 is 4.31 Å². The summed E-state index contributed by atoms with van der Waals surface area (Å²) in [6, 6.07) is 15.0. The van der Waals surface area contributed by atoms with E-state index in [2.05, 4.69) is 0 Å². The number of amides is 2. The van der Waals surface area contributed by atoms with E-state index in [-0.39, 0.29) is 16.7 Å². The number of rotatable bonds is 6. The summed E-state index contributed by atoms with van der Waals surface area (Å²) < 4.78 is 27.4. The lowest BCUT2D eigenvalue weighted by molar-refractivity contribution is -0.129. The van der Waals surface area contributed by atoms with Gasteiger partial charge in [-0.2, -0.15) is 0 Å². The molecule has 172 valence electrons. The molecule has 0 atom stereocenters. The molecule has 1 aliphatic heterocycles. The number of para-hydroxylation sites is 1. The van der Waals surface area contributed by atoms with Gasteiger partial charge in [-0.05, 0) is 36.8 Å². The van der Waals surface area contributed by atoms with E-state index < -0.39 is 10.0 Å². The first kappa shape index (κ1) is 23.7. The molecule has 1 heterocycles. The zero-order valence-corrected chi connectivity index (χ0v) is 19.6. The molecule has 1 saturated heterocycles. The summed E-state index contributed by atoms with van der Waals surface area (Å²) in [5.41, 5.74) is 0.884. The molecule has 0 N–H and O–H groups in total. The quantitative estimate of drug-likeness (QED) is 0.659. The van der Waals surface area contributed by atoms with Crippen molar-refractivity contribution in [3.8, 4) is 0 Å². The first-order valence-electron chi connectivity index (χ1n) is 10.6. The van der Waals surface area contributed by atoms with Gasteiger partial charge in [0.15, 0.2) is 0 Å². The molecule has 1 fully saturated rings. The number of anilines is 1. The van der Waals surface area contributed by atoms with Crippen LogP contribution in [0.2, 0.25) is 0 Å². The van der Waals surface area contributed by atoms with Gasteiger partial charge in [0.1, 0.15) is 0 Å². The van der Waals surface area contributed by atoms with Gasteiger partial charge in [-0.1, -0.05) is 24.3 Å². The number of carbonyl (C=O) groups is 2. The Balaban J connectivity index is 1.73. The minimum Gasteiger partial charge on any atom is -0.348 e. The Bertz CT molecular complexity index is 1060. The van der Waals surface area contributed by atoms with Crippen molar-refractivity contribution in [2.24, 2.45) is 0 Å². The monoisotopic (exact) mass is 458 g/mol. The SMILES string of the molecule is CN(C)C(=O)CN1CCCN(C(=O)c2cccc(S(=O)(=O)N(C)c3ccccc3)c2)CC1. The summed E-state index contributed by atoms with van der Waals surface area (Å²) in [7, 11) is 1.15. The highest BCUT2D eigenvalue weighted by atomic mass is 32.2. The lowest BCUT2D eigenvalue weighted by atomic mass is 10.2. The highest BCUT2D eigenvalue weighted by Crippen LogP contribution is 2.23. The van der Waals surface area contributed by atoms with Crippen LogP contribution in [-0.2, 0) is 14.8 Å². The van der Waals surface area contributed by atoms with Crippen molar-refractivity contribution in [1.82, 2.24) is 14.7 Å². The Morgan fingerprint density at radius 2 is 1.62 bits per heavy atom. The topological polar surface area (TPSA) is 81.2 Å². The molecule has 3 rings (SSSR count). The molecule has 0 unspecified atom stereocenters. The third-order valence-corrected chi connectivity index (χ3v) is 7.37. The average Bonchev–Trinajstić information content (AvgIpc) is 3.04. The molecule has 0 radical (unpaired) electrons. The molecule has 0 spiro atoms. The molecule has 2 amide bonds. The number of hydrogen-bond acceptors (Lipinski definition) is 5. The van der Waals surface area contributed by atoms with Gasteiger partial charge in [0.05, 0.1) is 17.1 Å². The van der Waals surface area contributed by atoms with Gasteiger partial charge >= 0.3 is 0 Å². The van der Waals surface area contributed by atoms with Crippen molar-refractivity contribution < 1.29 is 18.0 Å². The molecule has 8 nitrogen and oxygen atoms in total. The number of benzene rings is 2.